The summed E-state index contributed by atoms with van der Waals surface area (Å²) in [4.78, 5) is 19.4. The average molecular weight is 484 g/mol. The molecule has 8 heteroatoms. The first-order chi connectivity index (χ1) is 16.5. The molecule has 1 aromatic rings. The van der Waals surface area contributed by atoms with Gasteiger partial charge in [-0.1, -0.05) is 17.7 Å². The predicted octanol–water partition coefficient (Wildman–Crippen LogP) is 3.33. The number of hydrogen-bond donors (Lipinski definition) is 2. The molecule has 34 heavy (non-hydrogen) atoms. The van der Waals surface area contributed by atoms with Crippen LogP contribution in [0.15, 0.2) is 35.3 Å². The van der Waals surface area contributed by atoms with E-state index in [-0.39, 0.29) is 18.1 Å². The second kappa shape index (κ2) is 11.4. The number of piperidine rings is 1. The summed E-state index contributed by atoms with van der Waals surface area (Å²) in [7, 11) is 1.67. The van der Waals surface area contributed by atoms with Gasteiger partial charge in [0.05, 0.1) is 16.7 Å². The molecule has 3 aliphatic rings. The van der Waals surface area contributed by atoms with Crippen LogP contribution in [-0.2, 0) is 4.79 Å². The predicted molar refractivity (Wildman–Crippen MR) is 134 cm³/mol. The summed E-state index contributed by atoms with van der Waals surface area (Å²) >= 11 is 6.10. The lowest BCUT2D eigenvalue weighted by Gasteiger charge is -2.52. The Bertz CT molecular complexity index is 964. The number of carbonyl (C=O) groups excluding carboxylic acids is 1. The number of nitriles is 1. The zero-order valence-electron chi connectivity index (χ0n) is 19.9. The smallest absolute Gasteiger partial charge is 0.269 e. The van der Waals surface area contributed by atoms with E-state index in [1.165, 1.54) is 12.8 Å². The molecular formula is C26H34ClN5O2. The van der Waals surface area contributed by atoms with Gasteiger partial charge in [0.25, 0.3) is 5.91 Å². The summed E-state index contributed by atoms with van der Waals surface area (Å²) in [6.07, 6.45) is 9.94. The summed E-state index contributed by atoms with van der Waals surface area (Å²) in [6, 6.07) is 7.32. The Balaban J connectivity index is 1.17. The fourth-order valence-electron chi connectivity index (χ4n) is 5.31. The van der Waals surface area contributed by atoms with Crippen LogP contribution in [0.2, 0.25) is 5.02 Å². The number of benzene rings is 1. The van der Waals surface area contributed by atoms with Gasteiger partial charge in [0.15, 0.2) is 0 Å². The number of rotatable bonds is 7. The molecule has 0 unspecified atom stereocenters. The maximum Gasteiger partial charge on any atom is 0.269 e. The summed E-state index contributed by atoms with van der Waals surface area (Å²) in [5, 5.41) is 16.0. The Morgan fingerprint density at radius 1 is 1.32 bits per heavy atom. The molecule has 1 saturated carbocycles. The van der Waals surface area contributed by atoms with E-state index >= 15 is 0 Å². The number of amides is 1. The number of aliphatic imine (C=N–C) groups is 1. The van der Waals surface area contributed by atoms with Gasteiger partial charge in [0.1, 0.15) is 17.5 Å². The molecule has 0 bridgehead atoms. The number of nitrogens with one attached hydrogen (secondary N) is 2. The quantitative estimate of drug-likeness (QED) is 0.580. The van der Waals surface area contributed by atoms with Crippen LogP contribution in [-0.4, -0.2) is 68.4 Å². The zero-order valence-corrected chi connectivity index (χ0v) is 20.6. The Hall–Kier alpha value is -2.40. The second-order valence-electron chi connectivity index (χ2n) is 9.75. The average Bonchev–Trinajstić information content (AvgIpc) is 2.82. The molecule has 1 aromatic carbocycles. The minimum absolute atomic E-state index is 0.0797. The van der Waals surface area contributed by atoms with Gasteiger partial charge in [0, 0.05) is 38.8 Å². The van der Waals surface area contributed by atoms with Gasteiger partial charge < -0.3 is 15.4 Å². The highest BCUT2D eigenvalue weighted by atomic mass is 35.5. The van der Waals surface area contributed by atoms with Gasteiger partial charge in [-0.3, -0.25) is 14.7 Å². The van der Waals surface area contributed by atoms with E-state index in [4.69, 9.17) is 21.6 Å². The van der Waals surface area contributed by atoms with Crippen molar-refractivity contribution in [3.8, 4) is 11.8 Å². The van der Waals surface area contributed by atoms with Gasteiger partial charge in [-0.15, -0.1) is 0 Å². The third kappa shape index (κ3) is 6.18. The number of carbonyl (C=O) groups is 1. The molecule has 2 N–H and O–H groups in total. The van der Waals surface area contributed by atoms with Crippen LogP contribution in [0, 0.1) is 16.7 Å². The molecule has 7 nitrogen and oxygen atoms in total. The van der Waals surface area contributed by atoms with E-state index in [0.29, 0.717) is 27.5 Å². The van der Waals surface area contributed by atoms with Gasteiger partial charge in [-0.25, -0.2) is 0 Å². The molecule has 1 amide bonds. The topological polar surface area (TPSA) is 89.8 Å². The zero-order chi connectivity index (χ0) is 24.0. The van der Waals surface area contributed by atoms with E-state index in [0.717, 1.165) is 58.4 Å². The Labute approximate surface area is 207 Å². The molecule has 1 spiro atoms. The van der Waals surface area contributed by atoms with E-state index in [9.17, 15) is 4.79 Å². The first-order valence-electron chi connectivity index (χ1n) is 12.2. The molecule has 0 atom stereocenters. The Kier molecular flexibility index (Phi) is 8.25. The van der Waals surface area contributed by atoms with Crippen molar-refractivity contribution in [1.29, 1.82) is 5.26 Å². The maximum atomic E-state index is 12.7. The van der Waals surface area contributed by atoms with Crippen molar-refractivity contribution in [2.24, 2.45) is 10.4 Å². The van der Waals surface area contributed by atoms with Gasteiger partial charge in [-0.05, 0) is 75.2 Å². The first kappa shape index (κ1) is 24.7. The number of likely N-dealkylation sites (tertiary alicyclic amines) is 1. The third-order valence-corrected chi connectivity index (χ3v) is 7.58. The highest BCUT2D eigenvalue weighted by Crippen LogP contribution is 2.38. The molecule has 4 rings (SSSR count). The van der Waals surface area contributed by atoms with Crippen molar-refractivity contribution in [2.45, 2.75) is 50.7 Å². The van der Waals surface area contributed by atoms with Crippen molar-refractivity contribution in [3.63, 3.8) is 0 Å². The SMILES string of the molecule is CN=C(/C=C\CN1CC2(CCNCC2)C1)C(=O)NC1CCC(Oc2ccc(C#N)c(Cl)c2)CC1. The van der Waals surface area contributed by atoms with Crippen LogP contribution < -0.4 is 15.4 Å². The monoisotopic (exact) mass is 483 g/mol. The van der Waals surface area contributed by atoms with Crippen LogP contribution in [0.5, 0.6) is 5.75 Å². The van der Waals surface area contributed by atoms with Crippen molar-refractivity contribution in [2.75, 3.05) is 39.8 Å². The maximum absolute atomic E-state index is 12.7. The van der Waals surface area contributed by atoms with Gasteiger partial charge in [-0.2, -0.15) is 5.26 Å². The molecule has 0 aromatic heterocycles. The minimum atomic E-state index is -0.111. The highest BCUT2D eigenvalue weighted by Gasteiger charge is 2.42. The van der Waals surface area contributed by atoms with Crippen LogP contribution in [0.25, 0.3) is 0 Å². The fourth-order valence-corrected chi connectivity index (χ4v) is 5.52. The van der Waals surface area contributed by atoms with Crippen LogP contribution in [0.1, 0.15) is 44.1 Å². The number of hydrogen-bond acceptors (Lipinski definition) is 6. The molecule has 2 aliphatic heterocycles. The van der Waals surface area contributed by atoms with Crippen molar-refractivity contribution in [1.82, 2.24) is 15.5 Å². The fraction of sp³-hybridized carbons (Fsp3) is 0.577. The number of ether oxygens (including phenoxy) is 1. The van der Waals surface area contributed by atoms with E-state index in [2.05, 4.69) is 32.7 Å². The Morgan fingerprint density at radius 2 is 2.06 bits per heavy atom. The normalized spacial score (nSPS) is 25.0. The van der Waals surface area contributed by atoms with Gasteiger partial charge >= 0.3 is 0 Å². The molecule has 1 aliphatic carbocycles. The van der Waals surface area contributed by atoms with E-state index in [1.54, 1.807) is 25.2 Å². The standard InChI is InChI=1S/C26H34ClN5O2/c1-29-24(3-2-14-32-17-26(18-32)10-12-30-13-11-26)25(33)31-20-5-8-21(9-6-20)34-22-7-4-19(16-28)23(27)15-22/h2-4,7,15,20-21,30H,5-6,8-14,17-18H2,1H3,(H,31,33)/b3-2-,29-24?. The van der Waals surface area contributed by atoms with Crippen molar-refractivity contribution < 1.29 is 9.53 Å². The highest BCUT2D eigenvalue weighted by molar-refractivity contribution is 6.43. The minimum Gasteiger partial charge on any atom is -0.490 e. The van der Waals surface area contributed by atoms with Crippen LogP contribution in [0.3, 0.4) is 0 Å². The molecule has 3 fully saturated rings. The largest absolute Gasteiger partial charge is 0.490 e. The lowest BCUT2D eigenvalue weighted by molar-refractivity contribution is -0.115. The first-order valence-corrected chi connectivity index (χ1v) is 12.6. The molecule has 2 heterocycles. The van der Waals surface area contributed by atoms with Crippen LogP contribution in [0.4, 0.5) is 0 Å². The third-order valence-electron chi connectivity index (χ3n) is 7.27. The van der Waals surface area contributed by atoms with Crippen molar-refractivity contribution >= 4 is 23.2 Å². The van der Waals surface area contributed by atoms with E-state index < -0.39 is 0 Å². The Morgan fingerprint density at radius 3 is 2.71 bits per heavy atom. The van der Waals surface area contributed by atoms with E-state index in [1.807, 2.05) is 6.08 Å². The summed E-state index contributed by atoms with van der Waals surface area (Å²) < 4.78 is 6.04. The summed E-state index contributed by atoms with van der Waals surface area (Å²) in [5.41, 5.74) is 1.44. The molecular weight excluding hydrogens is 450 g/mol. The number of nitrogens with zero attached hydrogens (tertiary/aromatic N) is 3. The lowest BCUT2D eigenvalue weighted by atomic mass is 9.72. The number of halogens is 1. The molecule has 182 valence electrons. The molecule has 2 saturated heterocycles. The lowest BCUT2D eigenvalue weighted by Crippen LogP contribution is -2.59. The summed E-state index contributed by atoms with van der Waals surface area (Å²) in [5.74, 6) is 0.565. The van der Waals surface area contributed by atoms with Crippen molar-refractivity contribution in [3.05, 3.63) is 40.9 Å². The second-order valence-corrected chi connectivity index (χ2v) is 10.2. The van der Waals surface area contributed by atoms with Crippen LogP contribution >= 0.6 is 11.6 Å². The van der Waals surface area contributed by atoms with Gasteiger partial charge in [0.2, 0.25) is 0 Å². The molecule has 0 radical (unpaired) electrons. The summed E-state index contributed by atoms with van der Waals surface area (Å²) in [6.45, 7) is 5.44.